The third-order valence-electron chi connectivity index (χ3n) is 3.50. The van der Waals surface area contributed by atoms with E-state index in [9.17, 15) is 0 Å². The predicted octanol–water partition coefficient (Wildman–Crippen LogP) is 2.41. The van der Waals surface area contributed by atoms with Gasteiger partial charge < -0.3 is 14.2 Å². The molecule has 2 rings (SSSR count). The minimum Gasteiger partial charge on any atom is -0.379 e. The van der Waals surface area contributed by atoms with Crippen molar-refractivity contribution in [1.82, 2.24) is 0 Å². The average molecular weight is 240 g/mol. The summed E-state index contributed by atoms with van der Waals surface area (Å²) in [4.78, 5) is 0. The van der Waals surface area contributed by atoms with E-state index in [0.29, 0.717) is 31.8 Å². The van der Waals surface area contributed by atoms with Gasteiger partial charge in [-0.25, -0.2) is 0 Å². The van der Waals surface area contributed by atoms with Gasteiger partial charge in [0.1, 0.15) is 0 Å². The molecule has 0 spiro atoms. The van der Waals surface area contributed by atoms with Gasteiger partial charge in [-0.3, -0.25) is 0 Å². The summed E-state index contributed by atoms with van der Waals surface area (Å²) >= 11 is 0. The second kappa shape index (κ2) is 7.14. The molecule has 1 saturated carbocycles. The number of allylic oxidation sites excluding steroid dienone is 1. The Hall–Kier alpha value is -0.380. The highest BCUT2D eigenvalue weighted by Gasteiger charge is 2.35. The third-order valence-corrected chi connectivity index (χ3v) is 3.50. The van der Waals surface area contributed by atoms with Crippen LogP contribution in [0, 0.1) is 11.8 Å². The van der Waals surface area contributed by atoms with Gasteiger partial charge >= 0.3 is 0 Å². The molecule has 2 aliphatic carbocycles. The van der Waals surface area contributed by atoms with E-state index in [2.05, 4.69) is 19.1 Å². The second-order valence-corrected chi connectivity index (χ2v) is 4.91. The molecule has 1 fully saturated rings. The Morgan fingerprint density at radius 1 is 0.941 bits per heavy atom. The van der Waals surface area contributed by atoms with E-state index in [1.807, 2.05) is 0 Å². The highest BCUT2D eigenvalue weighted by Crippen LogP contribution is 2.40. The van der Waals surface area contributed by atoms with Crippen molar-refractivity contribution in [3.05, 3.63) is 12.2 Å². The normalized spacial score (nSPS) is 30.3. The number of hydrogen-bond acceptors (Lipinski definition) is 3. The van der Waals surface area contributed by atoms with Crippen molar-refractivity contribution in [3.8, 4) is 0 Å². The Kier molecular flexibility index (Phi) is 5.49. The van der Waals surface area contributed by atoms with Crippen molar-refractivity contribution in [3.63, 3.8) is 0 Å². The van der Waals surface area contributed by atoms with Crippen molar-refractivity contribution in [2.45, 2.75) is 32.3 Å². The van der Waals surface area contributed by atoms with Gasteiger partial charge in [0.15, 0.2) is 0 Å². The van der Waals surface area contributed by atoms with Gasteiger partial charge in [-0.05, 0) is 25.2 Å². The number of rotatable bonds is 9. The lowest BCUT2D eigenvalue weighted by Crippen LogP contribution is -2.21. The summed E-state index contributed by atoms with van der Waals surface area (Å²) in [6, 6.07) is 0. The summed E-state index contributed by atoms with van der Waals surface area (Å²) in [5, 5.41) is 0. The molecule has 0 aromatic rings. The Morgan fingerprint density at radius 3 is 2.35 bits per heavy atom. The van der Waals surface area contributed by atoms with Crippen LogP contribution in [0.1, 0.15) is 26.2 Å². The Morgan fingerprint density at radius 2 is 1.71 bits per heavy atom. The summed E-state index contributed by atoms with van der Waals surface area (Å²) in [6.45, 7) is 5.73. The molecule has 0 aromatic carbocycles. The van der Waals surface area contributed by atoms with Gasteiger partial charge in [-0.1, -0.05) is 19.1 Å². The smallest absolute Gasteiger partial charge is 0.0704 e. The highest BCUT2D eigenvalue weighted by molar-refractivity contribution is 5.10. The Balaban J connectivity index is 1.41. The summed E-state index contributed by atoms with van der Waals surface area (Å²) < 4.78 is 16.6. The van der Waals surface area contributed by atoms with Crippen LogP contribution in [0.4, 0.5) is 0 Å². The number of hydrogen-bond donors (Lipinski definition) is 0. The SMILES string of the molecule is CCCOCCOCCOC1CC2C=CC1C2. The van der Waals surface area contributed by atoms with Crippen LogP contribution in [0.2, 0.25) is 0 Å². The van der Waals surface area contributed by atoms with E-state index in [1.165, 1.54) is 12.8 Å². The van der Waals surface area contributed by atoms with E-state index in [-0.39, 0.29) is 0 Å². The monoisotopic (exact) mass is 240 g/mol. The van der Waals surface area contributed by atoms with E-state index < -0.39 is 0 Å². The largest absolute Gasteiger partial charge is 0.379 e. The predicted molar refractivity (Wildman–Crippen MR) is 67.0 cm³/mol. The maximum Gasteiger partial charge on any atom is 0.0704 e. The van der Waals surface area contributed by atoms with Crippen LogP contribution in [-0.4, -0.2) is 39.1 Å². The molecule has 0 N–H and O–H groups in total. The fourth-order valence-electron chi connectivity index (χ4n) is 2.65. The van der Waals surface area contributed by atoms with Crippen molar-refractivity contribution in [1.29, 1.82) is 0 Å². The van der Waals surface area contributed by atoms with Gasteiger partial charge in [0.25, 0.3) is 0 Å². The Labute approximate surface area is 104 Å². The second-order valence-electron chi connectivity index (χ2n) is 4.91. The zero-order valence-corrected chi connectivity index (χ0v) is 10.8. The van der Waals surface area contributed by atoms with Crippen molar-refractivity contribution >= 4 is 0 Å². The maximum atomic E-state index is 5.85. The minimum absolute atomic E-state index is 0.449. The summed E-state index contributed by atoms with van der Waals surface area (Å²) in [6.07, 6.45) is 8.69. The first-order valence-electron chi connectivity index (χ1n) is 6.85. The van der Waals surface area contributed by atoms with Crippen LogP contribution < -0.4 is 0 Å². The zero-order chi connectivity index (χ0) is 11.9. The van der Waals surface area contributed by atoms with Crippen LogP contribution in [0.25, 0.3) is 0 Å². The van der Waals surface area contributed by atoms with Gasteiger partial charge in [-0.15, -0.1) is 0 Å². The molecule has 98 valence electrons. The lowest BCUT2D eigenvalue weighted by molar-refractivity contribution is -0.0185. The first-order valence-corrected chi connectivity index (χ1v) is 6.85. The molecule has 3 heteroatoms. The molecule has 17 heavy (non-hydrogen) atoms. The van der Waals surface area contributed by atoms with Gasteiger partial charge in [0, 0.05) is 12.5 Å². The van der Waals surface area contributed by atoms with E-state index in [4.69, 9.17) is 14.2 Å². The van der Waals surface area contributed by atoms with E-state index in [0.717, 1.165) is 25.6 Å². The molecular weight excluding hydrogens is 216 g/mol. The van der Waals surface area contributed by atoms with Crippen molar-refractivity contribution in [2.24, 2.45) is 11.8 Å². The molecule has 3 atom stereocenters. The van der Waals surface area contributed by atoms with Crippen LogP contribution in [0.5, 0.6) is 0 Å². The van der Waals surface area contributed by atoms with Crippen LogP contribution >= 0.6 is 0 Å². The number of ether oxygens (including phenoxy) is 3. The van der Waals surface area contributed by atoms with Crippen molar-refractivity contribution in [2.75, 3.05) is 33.0 Å². The molecule has 0 aliphatic heterocycles. The molecule has 2 bridgehead atoms. The summed E-state index contributed by atoms with van der Waals surface area (Å²) in [5.41, 5.74) is 0. The summed E-state index contributed by atoms with van der Waals surface area (Å²) in [7, 11) is 0. The average Bonchev–Trinajstić information content (AvgIpc) is 2.94. The molecule has 3 nitrogen and oxygen atoms in total. The third kappa shape index (κ3) is 4.09. The summed E-state index contributed by atoms with van der Waals surface area (Å²) in [5.74, 6) is 1.46. The maximum absolute atomic E-state index is 5.85. The van der Waals surface area contributed by atoms with Crippen LogP contribution in [0.3, 0.4) is 0 Å². The topological polar surface area (TPSA) is 27.7 Å². The highest BCUT2D eigenvalue weighted by atomic mass is 16.5. The van der Waals surface area contributed by atoms with Gasteiger partial charge in [0.2, 0.25) is 0 Å². The van der Waals surface area contributed by atoms with Crippen LogP contribution in [-0.2, 0) is 14.2 Å². The molecule has 0 heterocycles. The van der Waals surface area contributed by atoms with Crippen LogP contribution in [0.15, 0.2) is 12.2 Å². The van der Waals surface area contributed by atoms with E-state index >= 15 is 0 Å². The molecule has 0 radical (unpaired) electrons. The molecule has 0 amide bonds. The fourth-order valence-corrected chi connectivity index (χ4v) is 2.65. The first kappa shape index (κ1) is 13.1. The lowest BCUT2D eigenvalue weighted by atomic mass is 10.1. The Bertz CT molecular complexity index is 240. The van der Waals surface area contributed by atoms with Gasteiger partial charge in [-0.2, -0.15) is 0 Å². The molecule has 0 saturated heterocycles. The first-order chi connectivity index (χ1) is 8.40. The molecular formula is C14H24O3. The standard InChI is InChI=1S/C14H24O3/c1-2-5-15-6-7-16-8-9-17-14-11-12-3-4-13(14)10-12/h3-4,12-14H,2,5-11H2,1H3. The van der Waals surface area contributed by atoms with E-state index in [1.54, 1.807) is 0 Å². The quantitative estimate of drug-likeness (QED) is 0.457. The van der Waals surface area contributed by atoms with Crippen molar-refractivity contribution < 1.29 is 14.2 Å². The number of fused-ring (bicyclic) bond motifs is 2. The molecule has 0 aromatic heterocycles. The lowest BCUT2D eigenvalue weighted by Gasteiger charge is -2.18. The minimum atomic E-state index is 0.449. The molecule has 3 unspecified atom stereocenters. The fraction of sp³-hybridized carbons (Fsp3) is 0.857. The molecule has 2 aliphatic rings. The zero-order valence-electron chi connectivity index (χ0n) is 10.8. The van der Waals surface area contributed by atoms with Gasteiger partial charge in [0.05, 0.1) is 32.5 Å².